The molecule has 1 N–H and O–H groups in total. The number of halogens is 1. The first-order valence-electron chi connectivity index (χ1n) is 9.98. The van der Waals surface area contributed by atoms with E-state index in [-0.39, 0.29) is 28.4 Å². The van der Waals surface area contributed by atoms with Crippen molar-refractivity contribution in [2.75, 3.05) is 31.1 Å². The van der Waals surface area contributed by atoms with Gasteiger partial charge >= 0.3 is 0 Å². The van der Waals surface area contributed by atoms with Crippen molar-refractivity contribution in [1.29, 1.82) is 0 Å². The maximum absolute atomic E-state index is 13.0. The Hall–Kier alpha value is -2.61. The van der Waals surface area contributed by atoms with E-state index in [0.717, 1.165) is 31.7 Å². The molecule has 0 spiro atoms. The minimum absolute atomic E-state index is 0.00936. The highest BCUT2D eigenvalue weighted by atomic mass is 35.5. The summed E-state index contributed by atoms with van der Waals surface area (Å²) in [6.45, 7) is 3.16. The Morgan fingerprint density at radius 3 is 2.66 bits per heavy atom. The molecule has 0 aromatic carbocycles. The molecule has 2 saturated heterocycles. The van der Waals surface area contributed by atoms with Crippen LogP contribution < -0.4 is 10.2 Å². The standard InChI is InChI=1S/C20H24ClN5O3/c21-16-13-23-20(26-7-1-2-8-26)24-17(16)19(28)25-9-5-14(6-10-25)18(27)22-12-15-4-3-11-29-15/h3-4,11,13-14H,1-2,5-10,12H2,(H,22,27). The summed E-state index contributed by atoms with van der Waals surface area (Å²) in [4.78, 5) is 37.9. The number of aromatic nitrogens is 2. The number of nitrogens with zero attached hydrogens (tertiary/aromatic N) is 4. The molecule has 0 saturated carbocycles. The van der Waals surface area contributed by atoms with Gasteiger partial charge < -0.3 is 19.5 Å². The Kier molecular flexibility index (Phi) is 5.99. The first kappa shape index (κ1) is 19.7. The molecule has 2 amide bonds. The molecule has 0 radical (unpaired) electrons. The number of hydrogen-bond donors (Lipinski definition) is 1. The summed E-state index contributed by atoms with van der Waals surface area (Å²) in [7, 11) is 0. The van der Waals surface area contributed by atoms with Gasteiger partial charge in [-0.2, -0.15) is 0 Å². The number of likely N-dealkylation sites (tertiary alicyclic amines) is 1. The second-order valence-electron chi connectivity index (χ2n) is 7.42. The smallest absolute Gasteiger partial charge is 0.274 e. The molecule has 4 rings (SSSR count). The topological polar surface area (TPSA) is 91.6 Å². The Morgan fingerprint density at radius 2 is 1.97 bits per heavy atom. The van der Waals surface area contributed by atoms with Crippen LogP contribution in [0.25, 0.3) is 0 Å². The summed E-state index contributed by atoms with van der Waals surface area (Å²) in [5, 5.41) is 3.16. The van der Waals surface area contributed by atoms with Gasteiger partial charge in [0.05, 0.1) is 24.0 Å². The van der Waals surface area contributed by atoms with Crippen LogP contribution in [0.5, 0.6) is 0 Å². The zero-order valence-corrected chi connectivity index (χ0v) is 16.9. The van der Waals surface area contributed by atoms with Crippen molar-refractivity contribution in [2.45, 2.75) is 32.2 Å². The Balaban J connectivity index is 1.34. The number of carbonyl (C=O) groups is 2. The minimum Gasteiger partial charge on any atom is -0.467 e. The zero-order chi connectivity index (χ0) is 20.2. The van der Waals surface area contributed by atoms with Gasteiger partial charge in [0.15, 0.2) is 5.69 Å². The zero-order valence-electron chi connectivity index (χ0n) is 16.1. The maximum atomic E-state index is 13.0. The molecule has 0 atom stereocenters. The van der Waals surface area contributed by atoms with E-state index >= 15 is 0 Å². The van der Waals surface area contributed by atoms with Gasteiger partial charge in [-0.15, -0.1) is 0 Å². The third-order valence-electron chi connectivity index (χ3n) is 5.49. The monoisotopic (exact) mass is 417 g/mol. The Morgan fingerprint density at radius 1 is 1.21 bits per heavy atom. The predicted octanol–water partition coefficient (Wildman–Crippen LogP) is 2.49. The van der Waals surface area contributed by atoms with Crippen molar-refractivity contribution < 1.29 is 14.0 Å². The molecule has 2 aromatic rings. The lowest BCUT2D eigenvalue weighted by Gasteiger charge is -2.31. The highest BCUT2D eigenvalue weighted by Crippen LogP contribution is 2.24. The van der Waals surface area contributed by atoms with E-state index in [4.69, 9.17) is 16.0 Å². The summed E-state index contributed by atoms with van der Waals surface area (Å²) in [5.74, 6) is 0.952. The van der Waals surface area contributed by atoms with Crippen molar-refractivity contribution in [3.05, 3.63) is 41.1 Å². The van der Waals surface area contributed by atoms with Crippen molar-refractivity contribution in [1.82, 2.24) is 20.2 Å². The molecule has 0 bridgehead atoms. The second kappa shape index (κ2) is 8.82. The molecule has 8 nitrogen and oxygen atoms in total. The Bertz CT molecular complexity index is 859. The van der Waals surface area contributed by atoms with Gasteiger partial charge in [-0.05, 0) is 37.8 Å². The van der Waals surface area contributed by atoms with Gasteiger partial charge in [0, 0.05) is 32.1 Å². The Labute approximate surface area is 174 Å². The number of furan rings is 1. The fourth-order valence-electron chi connectivity index (χ4n) is 3.80. The van der Waals surface area contributed by atoms with Crippen LogP contribution in [-0.2, 0) is 11.3 Å². The van der Waals surface area contributed by atoms with E-state index in [2.05, 4.69) is 20.2 Å². The molecule has 154 valence electrons. The number of nitrogens with one attached hydrogen (secondary N) is 1. The van der Waals surface area contributed by atoms with E-state index in [1.165, 1.54) is 6.20 Å². The third kappa shape index (κ3) is 4.53. The average molecular weight is 418 g/mol. The fraction of sp³-hybridized carbons (Fsp3) is 0.500. The van der Waals surface area contributed by atoms with Crippen molar-refractivity contribution in [2.24, 2.45) is 5.92 Å². The van der Waals surface area contributed by atoms with Crippen LogP contribution in [0.4, 0.5) is 5.95 Å². The molecule has 9 heteroatoms. The maximum Gasteiger partial charge on any atom is 0.274 e. The summed E-state index contributed by atoms with van der Waals surface area (Å²) in [6.07, 6.45) is 6.51. The van der Waals surface area contributed by atoms with Crippen molar-refractivity contribution in [3.8, 4) is 0 Å². The fourth-order valence-corrected chi connectivity index (χ4v) is 3.98. The second-order valence-corrected chi connectivity index (χ2v) is 7.83. The third-order valence-corrected chi connectivity index (χ3v) is 5.77. The number of rotatable bonds is 5. The van der Waals surface area contributed by atoms with Gasteiger partial charge in [-0.3, -0.25) is 9.59 Å². The normalized spacial score (nSPS) is 17.6. The SMILES string of the molecule is O=C(NCc1ccco1)C1CCN(C(=O)c2nc(N3CCCC3)ncc2Cl)CC1. The summed E-state index contributed by atoms with van der Waals surface area (Å²) in [6, 6.07) is 3.61. The quantitative estimate of drug-likeness (QED) is 0.803. The molecule has 2 aliphatic heterocycles. The van der Waals surface area contributed by atoms with E-state index in [1.54, 1.807) is 17.2 Å². The lowest BCUT2D eigenvalue weighted by molar-refractivity contribution is -0.126. The molecule has 2 fully saturated rings. The lowest BCUT2D eigenvalue weighted by Crippen LogP contribution is -2.43. The van der Waals surface area contributed by atoms with Crippen LogP contribution in [0.2, 0.25) is 5.02 Å². The summed E-state index contributed by atoms with van der Waals surface area (Å²) < 4.78 is 5.23. The molecule has 29 heavy (non-hydrogen) atoms. The molecule has 2 aliphatic rings. The predicted molar refractivity (Wildman–Crippen MR) is 108 cm³/mol. The molecule has 0 aliphatic carbocycles. The van der Waals surface area contributed by atoms with Gasteiger partial charge in [0.25, 0.3) is 5.91 Å². The van der Waals surface area contributed by atoms with E-state index < -0.39 is 0 Å². The van der Waals surface area contributed by atoms with Crippen molar-refractivity contribution in [3.63, 3.8) is 0 Å². The van der Waals surface area contributed by atoms with Gasteiger partial charge in [-0.1, -0.05) is 11.6 Å². The first-order chi connectivity index (χ1) is 14.1. The van der Waals surface area contributed by atoms with Crippen LogP contribution in [0.3, 0.4) is 0 Å². The molecule has 0 unspecified atom stereocenters. The summed E-state index contributed by atoms with van der Waals surface area (Å²) >= 11 is 6.22. The summed E-state index contributed by atoms with van der Waals surface area (Å²) in [5.41, 5.74) is 0.240. The number of anilines is 1. The number of hydrogen-bond acceptors (Lipinski definition) is 6. The van der Waals surface area contributed by atoms with Crippen LogP contribution in [-0.4, -0.2) is 52.9 Å². The lowest BCUT2D eigenvalue weighted by atomic mass is 9.95. The van der Waals surface area contributed by atoms with E-state index in [1.807, 2.05) is 6.07 Å². The molecule has 2 aromatic heterocycles. The number of piperidine rings is 1. The average Bonchev–Trinajstić information content (AvgIpc) is 3.46. The highest BCUT2D eigenvalue weighted by molar-refractivity contribution is 6.33. The number of carbonyl (C=O) groups excluding carboxylic acids is 2. The van der Waals surface area contributed by atoms with Gasteiger partial charge in [0.2, 0.25) is 11.9 Å². The van der Waals surface area contributed by atoms with Crippen LogP contribution in [0.15, 0.2) is 29.0 Å². The van der Waals surface area contributed by atoms with Crippen LogP contribution >= 0.6 is 11.6 Å². The molecular formula is C20H24ClN5O3. The van der Waals surface area contributed by atoms with Gasteiger partial charge in [-0.25, -0.2) is 9.97 Å². The van der Waals surface area contributed by atoms with Crippen molar-refractivity contribution >= 4 is 29.4 Å². The van der Waals surface area contributed by atoms with E-state index in [9.17, 15) is 9.59 Å². The highest BCUT2D eigenvalue weighted by Gasteiger charge is 2.30. The molecular weight excluding hydrogens is 394 g/mol. The van der Waals surface area contributed by atoms with Crippen LogP contribution in [0.1, 0.15) is 41.9 Å². The molecule has 4 heterocycles. The van der Waals surface area contributed by atoms with Gasteiger partial charge in [0.1, 0.15) is 5.76 Å². The first-order valence-corrected chi connectivity index (χ1v) is 10.4. The minimum atomic E-state index is -0.202. The number of amides is 2. The largest absolute Gasteiger partial charge is 0.467 e. The van der Waals surface area contributed by atoms with Crippen LogP contribution in [0, 0.1) is 5.92 Å². The van der Waals surface area contributed by atoms with E-state index in [0.29, 0.717) is 38.4 Å².